The first-order valence-electron chi connectivity index (χ1n) is 5.81. The topological polar surface area (TPSA) is 56.5 Å². The highest BCUT2D eigenvalue weighted by molar-refractivity contribution is 9.10. The van der Waals surface area contributed by atoms with Crippen LogP contribution in [0.15, 0.2) is 45.3 Å². The average Bonchev–Trinajstić information content (AvgIpc) is 2.81. The normalized spacial score (nSPS) is 12.9. The third kappa shape index (κ3) is 2.34. The fraction of sp³-hybridized carbons (Fsp3) is 0.0769. The molecule has 1 heterocycles. The molecule has 22 heavy (non-hydrogen) atoms. The Labute approximate surface area is 130 Å². The zero-order valence-corrected chi connectivity index (χ0v) is 12.9. The fourth-order valence-corrected chi connectivity index (χ4v) is 2.98. The Kier molecular flexibility index (Phi) is 3.37. The van der Waals surface area contributed by atoms with Crippen molar-refractivity contribution in [3.05, 3.63) is 40.9 Å². The van der Waals surface area contributed by atoms with Gasteiger partial charge in [-0.3, -0.25) is 0 Å². The Hall–Kier alpha value is -1.74. The number of rotatable bonds is 2. The molecule has 3 aromatic rings. The van der Waals surface area contributed by atoms with Crippen LogP contribution in [-0.4, -0.2) is 13.9 Å². The molecule has 0 fully saturated rings. The molecule has 0 saturated heterocycles. The molecular formula is C13H6BrF3O4S. The molecule has 0 saturated carbocycles. The van der Waals surface area contributed by atoms with Crippen LogP contribution in [0.4, 0.5) is 13.2 Å². The monoisotopic (exact) mass is 394 g/mol. The molecule has 0 radical (unpaired) electrons. The van der Waals surface area contributed by atoms with Crippen LogP contribution in [0.3, 0.4) is 0 Å². The number of hydrogen-bond donors (Lipinski definition) is 0. The quantitative estimate of drug-likeness (QED) is 0.471. The summed E-state index contributed by atoms with van der Waals surface area (Å²) in [5.74, 6) is -0.522. The minimum Gasteiger partial charge on any atom is -0.452 e. The largest absolute Gasteiger partial charge is 0.534 e. The first kappa shape index (κ1) is 15.2. The Balaban J connectivity index is 2.26. The van der Waals surface area contributed by atoms with Gasteiger partial charge in [-0.2, -0.15) is 21.6 Å². The summed E-state index contributed by atoms with van der Waals surface area (Å²) in [4.78, 5) is 0. The predicted octanol–water partition coefficient (Wildman–Crippen LogP) is 4.58. The van der Waals surface area contributed by atoms with Crippen LogP contribution in [-0.2, 0) is 10.1 Å². The number of halogens is 4. The minimum atomic E-state index is -5.77. The van der Waals surface area contributed by atoms with Crippen LogP contribution in [0.5, 0.6) is 5.75 Å². The summed E-state index contributed by atoms with van der Waals surface area (Å²) in [6.45, 7) is 0. The van der Waals surface area contributed by atoms with E-state index in [1.54, 1.807) is 24.3 Å². The number of furan rings is 1. The van der Waals surface area contributed by atoms with E-state index in [-0.39, 0.29) is 5.58 Å². The van der Waals surface area contributed by atoms with Crippen molar-refractivity contribution in [2.45, 2.75) is 5.51 Å². The highest BCUT2D eigenvalue weighted by Crippen LogP contribution is 2.40. The van der Waals surface area contributed by atoms with Crippen molar-refractivity contribution in [1.82, 2.24) is 0 Å². The lowest BCUT2D eigenvalue weighted by Crippen LogP contribution is -2.28. The van der Waals surface area contributed by atoms with Gasteiger partial charge in [0, 0.05) is 15.2 Å². The van der Waals surface area contributed by atoms with Gasteiger partial charge in [0.1, 0.15) is 5.58 Å². The van der Waals surface area contributed by atoms with Crippen molar-refractivity contribution < 1.29 is 30.2 Å². The molecule has 0 spiro atoms. The van der Waals surface area contributed by atoms with Gasteiger partial charge in [-0.25, -0.2) is 0 Å². The summed E-state index contributed by atoms with van der Waals surface area (Å²) in [6, 6.07) is 9.22. The minimum absolute atomic E-state index is 0.0802. The Bertz CT molecular complexity index is 976. The second-order valence-corrected chi connectivity index (χ2v) is 6.72. The lowest BCUT2D eigenvalue weighted by molar-refractivity contribution is -0.0499. The third-order valence-electron chi connectivity index (χ3n) is 2.92. The number of alkyl halides is 3. The van der Waals surface area contributed by atoms with E-state index in [0.717, 1.165) is 6.07 Å². The number of hydrogen-bond acceptors (Lipinski definition) is 4. The smallest absolute Gasteiger partial charge is 0.452 e. The van der Waals surface area contributed by atoms with Crippen molar-refractivity contribution in [1.29, 1.82) is 0 Å². The lowest BCUT2D eigenvalue weighted by Gasteiger charge is -2.09. The zero-order chi connectivity index (χ0) is 16.1. The lowest BCUT2D eigenvalue weighted by atomic mass is 10.1. The maximum Gasteiger partial charge on any atom is 0.534 e. The van der Waals surface area contributed by atoms with Crippen molar-refractivity contribution in [2.24, 2.45) is 0 Å². The van der Waals surface area contributed by atoms with E-state index in [2.05, 4.69) is 20.1 Å². The molecule has 116 valence electrons. The van der Waals surface area contributed by atoms with E-state index in [1.807, 2.05) is 0 Å². The van der Waals surface area contributed by atoms with E-state index < -0.39 is 21.4 Å². The summed E-state index contributed by atoms with van der Waals surface area (Å²) >= 11 is 3.26. The maximum atomic E-state index is 12.5. The van der Waals surface area contributed by atoms with Crippen LogP contribution in [0.1, 0.15) is 0 Å². The number of para-hydroxylation sites is 1. The standard InChI is InChI=1S/C13H6BrF3O4S/c14-8-5-6-10(21-22(18,19)13(15,16)17)12-11(8)7-3-1-2-4-9(7)20-12/h1-6H. The van der Waals surface area contributed by atoms with Crippen molar-refractivity contribution in [3.8, 4) is 5.75 Å². The van der Waals surface area contributed by atoms with Crippen LogP contribution in [0.2, 0.25) is 0 Å². The Morgan fingerprint density at radius 2 is 1.77 bits per heavy atom. The SMILES string of the molecule is O=S(=O)(Oc1ccc(Br)c2c1oc1ccccc12)C(F)(F)F. The van der Waals surface area contributed by atoms with Gasteiger partial charge in [-0.15, -0.1) is 0 Å². The summed E-state index contributed by atoms with van der Waals surface area (Å²) < 4.78 is 69.9. The van der Waals surface area contributed by atoms with Gasteiger partial charge in [0.15, 0.2) is 11.3 Å². The average molecular weight is 395 g/mol. The van der Waals surface area contributed by atoms with E-state index >= 15 is 0 Å². The zero-order valence-electron chi connectivity index (χ0n) is 10.5. The Morgan fingerprint density at radius 1 is 1.09 bits per heavy atom. The maximum absolute atomic E-state index is 12.5. The van der Waals surface area contributed by atoms with Crippen LogP contribution < -0.4 is 4.18 Å². The van der Waals surface area contributed by atoms with Gasteiger partial charge in [0.25, 0.3) is 0 Å². The van der Waals surface area contributed by atoms with E-state index in [0.29, 0.717) is 20.8 Å². The van der Waals surface area contributed by atoms with Crippen molar-refractivity contribution >= 4 is 48.0 Å². The molecular weight excluding hydrogens is 389 g/mol. The third-order valence-corrected chi connectivity index (χ3v) is 4.55. The molecule has 2 aromatic carbocycles. The highest BCUT2D eigenvalue weighted by Gasteiger charge is 2.49. The summed E-state index contributed by atoms with van der Waals surface area (Å²) in [7, 11) is -5.77. The number of benzene rings is 2. The molecule has 0 aliphatic carbocycles. The molecule has 0 atom stereocenters. The molecule has 0 N–H and O–H groups in total. The summed E-state index contributed by atoms with van der Waals surface area (Å²) in [6.07, 6.45) is 0. The Morgan fingerprint density at radius 3 is 2.45 bits per heavy atom. The van der Waals surface area contributed by atoms with Crippen LogP contribution >= 0.6 is 15.9 Å². The molecule has 0 aliphatic rings. The number of fused-ring (bicyclic) bond motifs is 3. The summed E-state index contributed by atoms with van der Waals surface area (Å²) in [5, 5.41) is 1.06. The van der Waals surface area contributed by atoms with Crippen molar-refractivity contribution in [3.63, 3.8) is 0 Å². The molecule has 1 aromatic heterocycles. The molecule has 0 bridgehead atoms. The van der Waals surface area contributed by atoms with Gasteiger partial charge >= 0.3 is 15.6 Å². The van der Waals surface area contributed by atoms with E-state index in [1.165, 1.54) is 6.07 Å². The highest BCUT2D eigenvalue weighted by atomic mass is 79.9. The van der Waals surface area contributed by atoms with Gasteiger partial charge in [0.2, 0.25) is 0 Å². The van der Waals surface area contributed by atoms with E-state index in [9.17, 15) is 21.6 Å². The fourth-order valence-electron chi connectivity index (χ4n) is 2.00. The van der Waals surface area contributed by atoms with Gasteiger partial charge in [-0.05, 0) is 18.2 Å². The first-order valence-corrected chi connectivity index (χ1v) is 8.01. The molecule has 0 aliphatic heterocycles. The second-order valence-electron chi connectivity index (χ2n) is 4.33. The first-order chi connectivity index (χ1) is 10.2. The van der Waals surface area contributed by atoms with Crippen LogP contribution in [0, 0.1) is 0 Å². The predicted molar refractivity (Wildman–Crippen MR) is 77.0 cm³/mol. The molecule has 3 rings (SSSR count). The molecule has 9 heteroatoms. The summed E-state index contributed by atoms with van der Waals surface area (Å²) in [5.41, 5.74) is -5.19. The van der Waals surface area contributed by atoms with Gasteiger partial charge in [-0.1, -0.05) is 34.1 Å². The van der Waals surface area contributed by atoms with E-state index in [4.69, 9.17) is 4.42 Å². The molecule has 4 nitrogen and oxygen atoms in total. The van der Waals surface area contributed by atoms with Gasteiger partial charge < -0.3 is 8.60 Å². The second kappa shape index (κ2) is 4.88. The molecule has 0 unspecified atom stereocenters. The van der Waals surface area contributed by atoms with Gasteiger partial charge in [0.05, 0.1) is 0 Å². The van der Waals surface area contributed by atoms with Crippen molar-refractivity contribution in [2.75, 3.05) is 0 Å². The molecule has 0 amide bonds. The van der Waals surface area contributed by atoms with Crippen LogP contribution in [0.25, 0.3) is 21.9 Å².